The molecule has 0 saturated heterocycles. The van der Waals surface area contributed by atoms with E-state index in [0.717, 1.165) is 5.39 Å². The zero-order valence-electron chi connectivity index (χ0n) is 10.7. The van der Waals surface area contributed by atoms with Crippen molar-refractivity contribution in [1.82, 2.24) is 5.32 Å². The first kappa shape index (κ1) is 14.5. The molecular weight excluding hydrogens is 284 g/mol. The topological polar surface area (TPSA) is 112 Å². The number of fused-ring (bicyclic) bond motifs is 1. The van der Waals surface area contributed by atoms with Crippen molar-refractivity contribution in [2.75, 3.05) is 13.7 Å². The van der Waals surface area contributed by atoms with E-state index >= 15 is 0 Å². The Morgan fingerprint density at radius 3 is 2.80 bits per heavy atom. The molecule has 1 aromatic carbocycles. The third-order valence-corrected chi connectivity index (χ3v) is 3.31. The molecule has 1 heterocycles. The predicted octanol–water partition coefficient (Wildman–Crippen LogP) is 0.483. The van der Waals surface area contributed by atoms with Crippen molar-refractivity contribution in [2.45, 2.75) is 5.92 Å². The maximum absolute atomic E-state index is 11.9. The third kappa shape index (κ3) is 3.16. The number of para-hydroxylation sites is 1. The maximum Gasteiger partial charge on any atom is 0.333 e. The first-order valence-electron chi connectivity index (χ1n) is 5.77. The summed E-state index contributed by atoms with van der Waals surface area (Å²) >= 11 is 0. The van der Waals surface area contributed by atoms with E-state index in [4.69, 9.17) is 9.56 Å². The van der Waals surface area contributed by atoms with Crippen LogP contribution in [0.1, 0.15) is 11.5 Å². The number of nitrogens with one attached hydrogen (secondary N) is 1. The molecule has 0 aliphatic heterocycles. The zero-order valence-corrected chi connectivity index (χ0v) is 11.5. The first-order valence-corrected chi connectivity index (χ1v) is 7.24. The molecule has 20 heavy (non-hydrogen) atoms. The second-order valence-corrected chi connectivity index (χ2v) is 5.35. The summed E-state index contributed by atoms with van der Waals surface area (Å²) < 4.78 is 31.6. The Hall–Kier alpha value is -1.90. The van der Waals surface area contributed by atoms with Crippen LogP contribution < -0.4 is 10.5 Å². The summed E-state index contributed by atoms with van der Waals surface area (Å²) in [5, 5.41) is 7.97. The predicted molar refractivity (Wildman–Crippen MR) is 72.1 cm³/mol. The van der Waals surface area contributed by atoms with Crippen LogP contribution in [-0.2, 0) is 19.3 Å². The fourth-order valence-electron chi connectivity index (χ4n) is 1.91. The number of nitrogens with two attached hydrogens (primary N) is 1. The van der Waals surface area contributed by atoms with Crippen molar-refractivity contribution in [2.24, 2.45) is 5.14 Å². The van der Waals surface area contributed by atoms with Gasteiger partial charge in [-0.2, -0.15) is 8.42 Å². The Morgan fingerprint density at radius 2 is 2.15 bits per heavy atom. The lowest BCUT2D eigenvalue weighted by Crippen LogP contribution is -2.30. The minimum absolute atomic E-state index is 0.387. The van der Waals surface area contributed by atoms with Crippen molar-refractivity contribution in [3.8, 4) is 0 Å². The van der Waals surface area contributed by atoms with Crippen LogP contribution in [0.5, 0.6) is 0 Å². The Morgan fingerprint density at radius 1 is 1.45 bits per heavy atom. The zero-order chi connectivity index (χ0) is 14.8. The van der Waals surface area contributed by atoms with Crippen LogP contribution >= 0.6 is 0 Å². The molecule has 1 atom stereocenters. The van der Waals surface area contributed by atoms with Gasteiger partial charge in [-0.15, -0.1) is 0 Å². The second kappa shape index (κ2) is 5.61. The van der Waals surface area contributed by atoms with E-state index < -0.39 is 16.2 Å². The molecule has 0 spiro atoms. The molecule has 1 aromatic heterocycles. The van der Waals surface area contributed by atoms with Crippen LogP contribution in [0.3, 0.4) is 0 Å². The lowest BCUT2D eigenvalue weighted by atomic mass is 9.98. The molecule has 2 rings (SSSR count). The number of benzene rings is 1. The lowest BCUT2D eigenvalue weighted by Gasteiger charge is -2.13. The van der Waals surface area contributed by atoms with Crippen molar-refractivity contribution < 1.29 is 21.8 Å². The number of hydrogen-bond acceptors (Lipinski definition) is 5. The van der Waals surface area contributed by atoms with Gasteiger partial charge in [-0.05, 0) is 6.07 Å². The molecule has 0 bridgehead atoms. The summed E-state index contributed by atoms with van der Waals surface area (Å²) in [7, 11) is -2.66. The highest BCUT2D eigenvalue weighted by Crippen LogP contribution is 2.28. The highest BCUT2D eigenvalue weighted by molar-refractivity contribution is 7.84. The van der Waals surface area contributed by atoms with E-state index in [9.17, 15) is 13.2 Å². The second-order valence-electron chi connectivity index (χ2n) is 4.13. The maximum atomic E-state index is 11.9. The Kier molecular flexibility index (Phi) is 4.07. The van der Waals surface area contributed by atoms with Gasteiger partial charge in [0.2, 0.25) is 5.91 Å². The van der Waals surface area contributed by atoms with Crippen molar-refractivity contribution in [1.29, 1.82) is 0 Å². The minimum atomic E-state index is -4.12. The van der Waals surface area contributed by atoms with Crippen LogP contribution in [0, 0.1) is 0 Å². The molecular formula is C12H14N2O5S. The van der Waals surface area contributed by atoms with Gasteiger partial charge >= 0.3 is 10.3 Å². The summed E-state index contributed by atoms with van der Waals surface area (Å²) in [6, 6.07) is 7.12. The highest BCUT2D eigenvalue weighted by Gasteiger charge is 2.25. The molecule has 0 saturated carbocycles. The number of carbonyl (C=O) groups excluding carboxylic acids is 1. The van der Waals surface area contributed by atoms with Gasteiger partial charge in [0.1, 0.15) is 5.58 Å². The molecule has 7 nitrogen and oxygen atoms in total. The lowest BCUT2D eigenvalue weighted by molar-refractivity contribution is -0.122. The molecule has 108 valence electrons. The molecule has 0 fully saturated rings. The summed E-state index contributed by atoms with van der Waals surface area (Å²) in [6.07, 6.45) is 1.41. The molecule has 1 amide bonds. The van der Waals surface area contributed by atoms with Gasteiger partial charge in [-0.1, -0.05) is 18.2 Å². The Labute approximate surface area is 116 Å². The van der Waals surface area contributed by atoms with Crippen LogP contribution in [-0.4, -0.2) is 28.0 Å². The highest BCUT2D eigenvalue weighted by atomic mass is 32.2. The largest absolute Gasteiger partial charge is 0.464 e. The molecule has 0 radical (unpaired) electrons. The van der Waals surface area contributed by atoms with Gasteiger partial charge < -0.3 is 9.73 Å². The van der Waals surface area contributed by atoms with E-state index in [2.05, 4.69) is 9.50 Å². The third-order valence-electron chi connectivity index (χ3n) is 2.85. The fraction of sp³-hybridized carbons (Fsp3) is 0.250. The molecule has 3 N–H and O–H groups in total. The van der Waals surface area contributed by atoms with Crippen LogP contribution in [0.15, 0.2) is 34.9 Å². The number of amides is 1. The molecule has 2 aromatic rings. The smallest absolute Gasteiger partial charge is 0.333 e. The van der Waals surface area contributed by atoms with E-state index in [0.29, 0.717) is 11.1 Å². The Balaban J connectivity index is 2.38. The number of carbonyl (C=O) groups is 1. The van der Waals surface area contributed by atoms with Crippen LogP contribution in [0.2, 0.25) is 0 Å². The first-order chi connectivity index (χ1) is 9.42. The van der Waals surface area contributed by atoms with Crippen molar-refractivity contribution in [3.05, 3.63) is 36.1 Å². The van der Waals surface area contributed by atoms with Crippen LogP contribution in [0.25, 0.3) is 11.0 Å². The van der Waals surface area contributed by atoms with Gasteiger partial charge in [-0.3, -0.25) is 8.98 Å². The fourth-order valence-corrected chi connectivity index (χ4v) is 2.24. The molecule has 1 unspecified atom stereocenters. The van der Waals surface area contributed by atoms with Gasteiger partial charge in [0.25, 0.3) is 0 Å². The molecule has 8 heteroatoms. The number of hydrogen-bond donors (Lipinski definition) is 2. The minimum Gasteiger partial charge on any atom is -0.464 e. The number of rotatable bonds is 5. The van der Waals surface area contributed by atoms with Gasteiger partial charge in [0.05, 0.1) is 18.8 Å². The van der Waals surface area contributed by atoms with E-state index in [-0.39, 0.29) is 12.5 Å². The van der Waals surface area contributed by atoms with Crippen LogP contribution in [0.4, 0.5) is 0 Å². The van der Waals surface area contributed by atoms with E-state index in [1.807, 2.05) is 0 Å². The van der Waals surface area contributed by atoms with Gasteiger partial charge in [0.15, 0.2) is 0 Å². The van der Waals surface area contributed by atoms with Gasteiger partial charge in [0, 0.05) is 18.0 Å². The summed E-state index contributed by atoms with van der Waals surface area (Å²) in [5.41, 5.74) is 1.15. The Bertz CT molecular complexity index is 722. The van der Waals surface area contributed by atoms with Crippen molar-refractivity contribution >= 4 is 27.2 Å². The summed E-state index contributed by atoms with van der Waals surface area (Å²) in [4.78, 5) is 11.9. The average molecular weight is 298 g/mol. The molecule has 0 aliphatic carbocycles. The van der Waals surface area contributed by atoms with E-state index in [1.165, 1.54) is 13.3 Å². The number of furan rings is 1. The molecule has 0 aliphatic rings. The SMILES string of the molecule is CNC(=O)C(COS(N)(=O)=O)c1coc2ccccc12. The normalized spacial score (nSPS) is 13.3. The average Bonchev–Trinajstić information content (AvgIpc) is 2.81. The number of likely N-dealkylation sites (N-methyl/N-ethyl adjacent to an activating group) is 1. The summed E-state index contributed by atoms with van der Waals surface area (Å²) in [6.45, 7) is -0.387. The van der Waals surface area contributed by atoms with Gasteiger partial charge in [-0.25, -0.2) is 5.14 Å². The standard InChI is InChI=1S/C12H14N2O5S/c1-14-12(15)10(7-19-20(13,16)17)9-6-18-11-5-3-2-4-8(9)11/h2-6,10H,7H2,1H3,(H,14,15)(H2,13,16,17). The monoisotopic (exact) mass is 298 g/mol. The quantitative estimate of drug-likeness (QED) is 0.834. The summed E-state index contributed by atoms with van der Waals surface area (Å²) in [5.74, 6) is -1.22. The van der Waals surface area contributed by atoms with E-state index in [1.54, 1.807) is 24.3 Å². The van der Waals surface area contributed by atoms with Crippen molar-refractivity contribution in [3.63, 3.8) is 0 Å².